The van der Waals surface area contributed by atoms with E-state index in [4.69, 9.17) is 0 Å². The average Bonchev–Trinajstić information content (AvgIpc) is 2.38. The molecule has 0 radical (unpaired) electrons. The number of piperidine rings is 1. The number of carbonyl (C=O) groups excluding carboxylic acids is 1. The Morgan fingerprint density at radius 3 is 2.42 bits per heavy atom. The molecule has 2 rings (SSSR count). The van der Waals surface area contributed by atoms with Crippen LogP contribution < -0.4 is 16.0 Å². The number of rotatable bonds is 4. The van der Waals surface area contributed by atoms with Gasteiger partial charge in [-0.1, -0.05) is 0 Å². The summed E-state index contributed by atoms with van der Waals surface area (Å²) in [6, 6.07) is 7.48. The second-order valence-electron chi connectivity index (χ2n) is 5.09. The molecule has 4 N–H and O–H groups in total. The molecule has 0 bridgehead atoms. The Morgan fingerprint density at radius 2 is 1.84 bits per heavy atom. The smallest absolute Gasteiger partial charge is 0.221 e. The second kappa shape index (κ2) is 6.04. The Hall–Kier alpha value is -1.59. The molecule has 0 aromatic heterocycles. The van der Waals surface area contributed by atoms with Crippen molar-refractivity contribution in [2.75, 3.05) is 30.3 Å². The summed E-state index contributed by atoms with van der Waals surface area (Å²) in [7, 11) is 0. The summed E-state index contributed by atoms with van der Waals surface area (Å²) in [4.78, 5) is 10.9. The zero-order chi connectivity index (χ0) is 13.7. The maximum atomic E-state index is 10.9. The van der Waals surface area contributed by atoms with Crippen LogP contribution in [0, 0.1) is 0 Å². The molecule has 5 heteroatoms. The van der Waals surface area contributed by atoms with E-state index in [0.29, 0.717) is 6.54 Å². The normalized spacial score (nSPS) is 17.8. The van der Waals surface area contributed by atoms with Crippen molar-refractivity contribution in [2.45, 2.75) is 25.4 Å². The largest absolute Gasteiger partial charge is 0.388 e. The van der Waals surface area contributed by atoms with Gasteiger partial charge in [0.25, 0.3) is 0 Å². The first kappa shape index (κ1) is 13.8. The maximum absolute atomic E-state index is 10.9. The zero-order valence-electron chi connectivity index (χ0n) is 11.2. The lowest BCUT2D eigenvalue weighted by atomic mass is 9.92. The number of nitrogens with one attached hydrogen (secondary N) is 3. The van der Waals surface area contributed by atoms with Crippen molar-refractivity contribution >= 4 is 17.3 Å². The van der Waals surface area contributed by atoms with Gasteiger partial charge in [-0.3, -0.25) is 4.79 Å². The van der Waals surface area contributed by atoms with Gasteiger partial charge in [0.2, 0.25) is 5.91 Å². The highest BCUT2D eigenvalue weighted by Gasteiger charge is 2.28. The van der Waals surface area contributed by atoms with Crippen molar-refractivity contribution in [2.24, 2.45) is 0 Å². The highest BCUT2D eigenvalue weighted by atomic mass is 16.3. The van der Waals surface area contributed by atoms with Crippen molar-refractivity contribution in [1.82, 2.24) is 5.32 Å². The number of aliphatic hydroxyl groups is 1. The summed E-state index contributed by atoms with van der Waals surface area (Å²) in [5.74, 6) is -0.0790. The highest BCUT2D eigenvalue weighted by molar-refractivity contribution is 5.88. The standard InChI is InChI=1S/C14H21N3O2/c1-11(18)17-13-4-2-12(3-5-13)16-10-14(19)6-8-15-9-7-14/h2-5,15-16,19H,6-10H2,1H3,(H,17,18). The molecular formula is C14H21N3O2. The van der Waals surface area contributed by atoms with Gasteiger partial charge >= 0.3 is 0 Å². The molecule has 1 aliphatic heterocycles. The fourth-order valence-corrected chi connectivity index (χ4v) is 2.21. The predicted molar refractivity (Wildman–Crippen MR) is 76.3 cm³/mol. The van der Waals surface area contributed by atoms with Gasteiger partial charge in [0.15, 0.2) is 0 Å². The van der Waals surface area contributed by atoms with Gasteiger partial charge in [-0.05, 0) is 50.2 Å². The lowest BCUT2D eigenvalue weighted by molar-refractivity contribution is -0.114. The molecule has 0 aliphatic carbocycles. The molecular weight excluding hydrogens is 242 g/mol. The molecule has 1 fully saturated rings. The third kappa shape index (κ3) is 4.22. The topological polar surface area (TPSA) is 73.4 Å². The van der Waals surface area contributed by atoms with Crippen LogP contribution in [0.15, 0.2) is 24.3 Å². The summed E-state index contributed by atoms with van der Waals surface area (Å²) in [5, 5.41) is 19.5. The summed E-state index contributed by atoms with van der Waals surface area (Å²) >= 11 is 0. The molecule has 1 aromatic rings. The van der Waals surface area contributed by atoms with Crippen molar-refractivity contribution in [3.05, 3.63) is 24.3 Å². The molecule has 0 unspecified atom stereocenters. The number of hydrogen-bond donors (Lipinski definition) is 4. The maximum Gasteiger partial charge on any atom is 0.221 e. The van der Waals surface area contributed by atoms with Crippen LogP contribution >= 0.6 is 0 Å². The fourth-order valence-electron chi connectivity index (χ4n) is 2.21. The molecule has 0 spiro atoms. The van der Waals surface area contributed by atoms with Gasteiger partial charge in [-0.25, -0.2) is 0 Å². The molecule has 1 aliphatic rings. The van der Waals surface area contributed by atoms with Crippen molar-refractivity contribution in [3.63, 3.8) is 0 Å². The lowest BCUT2D eigenvalue weighted by Gasteiger charge is -2.33. The molecule has 19 heavy (non-hydrogen) atoms. The number of anilines is 2. The van der Waals surface area contributed by atoms with Crippen LogP contribution in [0.5, 0.6) is 0 Å². The van der Waals surface area contributed by atoms with Gasteiger partial charge in [-0.2, -0.15) is 0 Å². The van der Waals surface area contributed by atoms with Gasteiger partial charge in [0, 0.05) is 24.8 Å². The van der Waals surface area contributed by atoms with Crippen LogP contribution in [0.3, 0.4) is 0 Å². The van der Waals surface area contributed by atoms with Gasteiger partial charge < -0.3 is 21.1 Å². The summed E-state index contributed by atoms with van der Waals surface area (Å²) in [6.45, 7) is 3.76. The Bertz CT molecular complexity index is 425. The molecule has 1 heterocycles. The number of benzene rings is 1. The quantitative estimate of drug-likeness (QED) is 0.658. The zero-order valence-corrected chi connectivity index (χ0v) is 11.2. The van der Waals surface area contributed by atoms with E-state index in [1.807, 2.05) is 24.3 Å². The lowest BCUT2D eigenvalue weighted by Crippen LogP contribution is -2.46. The molecule has 104 valence electrons. The molecule has 5 nitrogen and oxygen atoms in total. The molecule has 1 saturated heterocycles. The molecule has 0 atom stereocenters. The molecule has 0 saturated carbocycles. The monoisotopic (exact) mass is 263 g/mol. The van der Waals surface area contributed by atoms with Crippen LogP contribution in [0.4, 0.5) is 11.4 Å². The van der Waals surface area contributed by atoms with Crippen LogP contribution in [0.1, 0.15) is 19.8 Å². The van der Waals surface area contributed by atoms with E-state index in [1.54, 1.807) is 0 Å². The third-order valence-electron chi connectivity index (χ3n) is 3.36. The molecule has 1 aromatic carbocycles. The fraction of sp³-hybridized carbons (Fsp3) is 0.500. The van der Waals surface area contributed by atoms with Crippen LogP contribution in [0.2, 0.25) is 0 Å². The van der Waals surface area contributed by atoms with E-state index >= 15 is 0 Å². The third-order valence-corrected chi connectivity index (χ3v) is 3.36. The highest BCUT2D eigenvalue weighted by Crippen LogP contribution is 2.20. The van der Waals surface area contributed by atoms with Crippen molar-refractivity contribution in [1.29, 1.82) is 0 Å². The summed E-state index contributed by atoms with van der Waals surface area (Å²) < 4.78 is 0. The Balaban J connectivity index is 1.87. The van der Waals surface area contributed by atoms with E-state index in [9.17, 15) is 9.90 Å². The first-order valence-electron chi connectivity index (χ1n) is 6.62. The van der Waals surface area contributed by atoms with E-state index < -0.39 is 5.60 Å². The number of hydrogen-bond acceptors (Lipinski definition) is 4. The Labute approximate surface area is 113 Å². The summed E-state index contributed by atoms with van der Waals surface area (Å²) in [6.07, 6.45) is 1.54. The van der Waals surface area contributed by atoms with Crippen LogP contribution in [-0.4, -0.2) is 36.2 Å². The van der Waals surface area contributed by atoms with Gasteiger partial charge in [0.1, 0.15) is 0 Å². The first-order valence-corrected chi connectivity index (χ1v) is 6.62. The van der Waals surface area contributed by atoms with E-state index in [0.717, 1.165) is 37.3 Å². The predicted octanol–water partition coefficient (Wildman–Crippen LogP) is 1.17. The van der Waals surface area contributed by atoms with Gasteiger partial charge in [-0.15, -0.1) is 0 Å². The van der Waals surface area contributed by atoms with Crippen LogP contribution in [0.25, 0.3) is 0 Å². The van der Waals surface area contributed by atoms with Crippen LogP contribution in [-0.2, 0) is 4.79 Å². The SMILES string of the molecule is CC(=O)Nc1ccc(NCC2(O)CCNCC2)cc1. The van der Waals surface area contributed by atoms with Crippen molar-refractivity contribution < 1.29 is 9.90 Å². The number of amides is 1. The Kier molecular flexibility index (Phi) is 4.39. The van der Waals surface area contributed by atoms with E-state index in [-0.39, 0.29) is 5.91 Å². The van der Waals surface area contributed by atoms with Gasteiger partial charge in [0.05, 0.1) is 5.60 Å². The van der Waals surface area contributed by atoms with E-state index in [1.165, 1.54) is 6.92 Å². The Morgan fingerprint density at radius 1 is 1.26 bits per heavy atom. The minimum atomic E-state index is -0.623. The number of carbonyl (C=O) groups is 1. The summed E-state index contributed by atoms with van der Waals surface area (Å²) in [5.41, 5.74) is 1.10. The average molecular weight is 263 g/mol. The van der Waals surface area contributed by atoms with Crippen molar-refractivity contribution in [3.8, 4) is 0 Å². The minimum Gasteiger partial charge on any atom is -0.388 e. The van der Waals surface area contributed by atoms with E-state index in [2.05, 4.69) is 16.0 Å². The molecule has 1 amide bonds. The first-order chi connectivity index (χ1) is 9.07. The minimum absolute atomic E-state index is 0.0790. The second-order valence-corrected chi connectivity index (χ2v) is 5.09.